The molecule has 1 saturated heterocycles. The van der Waals surface area contributed by atoms with Gasteiger partial charge in [-0.2, -0.15) is 0 Å². The maximum Gasteiger partial charge on any atom is 0.344 e. The number of aromatic nitrogens is 3. The number of para-hydroxylation sites is 2. The van der Waals surface area contributed by atoms with Crippen molar-refractivity contribution >= 4 is 45.6 Å². The van der Waals surface area contributed by atoms with Crippen LogP contribution in [-0.4, -0.2) is 39.8 Å². The fraction of sp³-hybridized carbons (Fsp3) is 0.261. The van der Waals surface area contributed by atoms with Gasteiger partial charge in [-0.3, -0.25) is 0 Å². The van der Waals surface area contributed by atoms with Crippen LogP contribution in [0.15, 0.2) is 48.5 Å². The Kier molecular flexibility index (Phi) is 5.21. The Morgan fingerprint density at radius 1 is 1.16 bits per heavy atom. The van der Waals surface area contributed by atoms with E-state index in [4.69, 9.17) is 36.8 Å². The normalized spacial score (nSPS) is 16.2. The van der Waals surface area contributed by atoms with E-state index in [1.807, 2.05) is 48.5 Å². The number of anilines is 1. The molecule has 1 aliphatic heterocycles. The number of fused-ring (bicyclic) bond motifs is 2. The number of nitrogens with two attached hydrogens (primary N) is 1. The van der Waals surface area contributed by atoms with E-state index in [0.717, 1.165) is 23.9 Å². The minimum absolute atomic E-state index is 0.0699. The number of hydrogen-bond acceptors (Lipinski definition) is 6. The highest BCUT2D eigenvalue weighted by Gasteiger charge is 2.26. The zero-order valence-corrected chi connectivity index (χ0v) is 17.5. The molecule has 31 heavy (non-hydrogen) atoms. The molecule has 1 fully saturated rings. The summed E-state index contributed by atoms with van der Waals surface area (Å²) < 4.78 is 12.9. The second kappa shape index (κ2) is 8.17. The van der Waals surface area contributed by atoms with Crippen LogP contribution in [0.3, 0.4) is 0 Å². The Morgan fingerprint density at radius 3 is 2.61 bits per heavy atom. The summed E-state index contributed by atoms with van der Waals surface area (Å²) in [6.45, 7) is 1.32. The molecule has 4 aromatic rings. The van der Waals surface area contributed by atoms with Crippen LogP contribution in [0.5, 0.6) is 0 Å². The third-order valence-corrected chi connectivity index (χ3v) is 5.73. The van der Waals surface area contributed by atoms with Crippen molar-refractivity contribution < 1.29 is 14.3 Å². The molecule has 0 amide bonds. The van der Waals surface area contributed by atoms with E-state index in [1.165, 1.54) is 0 Å². The average molecular weight is 437 g/mol. The predicted octanol–water partition coefficient (Wildman–Crippen LogP) is 4.20. The number of carbonyl (C=O) groups excluding carboxylic acids is 1. The average Bonchev–Trinajstić information content (AvgIpc) is 3.39. The summed E-state index contributed by atoms with van der Waals surface area (Å²) in [5, 5.41) is 0.651. The number of halogens is 1. The van der Waals surface area contributed by atoms with Gasteiger partial charge in [0.1, 0.15) is 23.5 Å². The molecule has 1 aliphatic rings. The van der Waals surface area contributed by atoms with Gasteiger partial charge in [0.2, 0.25) is 0 Å². The van der Waals surface area contributed by atoms with Gasteiger partial charge >= 0.3 is 5.97 Å². The molecule has 7 nitrogen and oxygen atoms in total. The smallest absolute Gasteiger partial charge is 0.344 e. The Hall–Kier alpha value is -3.16. The molecule has 0 spiro atoms. The Morgan fingerprint density at radius 2 is 1.90 bits per heavy atom. The monoisotopic (exact) mass is 436 g/mol. The van der Waals surface area contributed by atoms with Crippen molar-refractivity contribution in [2.45, 2.75) is 25.5 Å². The number of rotatable bonds is 5. The second-order valence-electron chi connectivity index (χ2n) is 7.59. The highest BCUT2D eigenvalue weighted by Crippen LogP contribution is 2.30. The zero-order valence-electron chi connectivity index (χ0n) is 16.8. The van der Waals surface area contributed by atoms with Crippen molar-refractivity contribution in [3.63, 3.8) is 0 Å². The first kappa shape index (κ1) is 19.8. The van der Waals surface area contributed by atoms with Crippen LogP contribution in [0.4, 0.5) is 5.82 Å². The van der Waals surface area contributed by atoms with E-state index >= 15 is 0 Å². The van der Waals surface area contributed by atoms with Crippen LogP contribution in [0.2, 0.25) is 5.02 Å². The molecule has 1 unspecified atom stereocenters. The molecule has 1 atom stereocenters. The van der Waals surface area contributed by atoms with Gasteiger partial charge in [-0.1, -0.05) is 35.9 Å². The van der Waals surface area contributed by atoms with Crippen LogP contribution in [0.1, 0.15) is 28.8 Å². The molecule has 5 rings (SSSR count). The Labute approximate surface area is 183 Å². The summed E-state index contributed by atoms with van der Waals surface area (Å²) in [4.78, 5) is 22.5. The number of carbonyl (C=O) groups is 1. The number of esters is 1. The summed E-state index contributed by atoms with van der Waals surface area (Å²) in [6, 6.07) is 15.0. The van der Waals surface area contributed by atoms with Crippen molar-refractivity contribution in [3.05, 3.63) is 64.7 Å². The number of nitrogen functional groups attached to an aromatic ring is 1. The summed E-state index contributed by atoms with van der Waals surface area (Å²) in [5.74, 6) is -0.241. The van der Waals surface area contributed by atoms with Crippen molar-refractivity contribution in [2.75, 3.05) is 18.9 Å². The third kappa shape index (κ3) is 3.82. The van der Waals surface area contributed by atoms with Crippen LogP contribution >= 0.6 is 11.6 Å². The van der Waals surface area contributed by atoms with Crippen LogP contribution in [0.25, 0.3) is 22.2 Å². The lowest BCUT2D eigenvalue weighted by molar-refractivity contribution is 0.0163. The molecule has 8 heteroatoms. The SMILES string of the molecule is Nc1c(C(=O)OCC2CCCO2)c2nc3ccccc3nc2n1Cc1ccc(Cl)cc1. The van der Waals surface area contributed by atoms with Gasteiger partial charge in [-0.15, -0.1) is 0 Å². The molecule has 0 radical (unpaired) electrons. The molecule has 2 aromatic heterocycles. The lowest BCUT2D eigenvalue weighted by Crippen LogP contribution is -2.18. The minimum Gasteiger partial charge on any atom is -0.459 e. The first-order valence-corrected chi connectivity index (χ1v) is 10.6. The molecule has 2 aromatic carbocycles. The van der Waals surface area contributed by atoms with E-state index in [-0.39, 0.29) is 24.1 Å². The summed E-state index contributed by atoms with van der Waals surface area (Å²) in [7, 11) is 0. The van der Waals surface area contributed by atoms with Crippen LogP contribution in [0, 0.1) is 0 Å². The van der Waals surface area contributed by atoms with Crippen LogP contribution < -0.4 is 5.73 Å². The highest BCUT2D eigenvalue weighted by atomic mass is 35.5. The Bertz CT molecular complexity index is 1260. The van der Waals surface area contributed by atoms with E-state index in [2.05, 4.69) is 0 Å². The predicted molar refractivity (Wildman–Crippen MR) is 119 cm³/mol. The van der Waals surface area contributed by atoms with E-state index < -0.39 is 5.97 Å². The Balaban J connectivity index is 1.59. The molecule has 0 bridgehead atoms. The van der Waals surface area contributed by atoms with Crippen molar-refractivity contribution in [1.82, 2.24) is 14.5 Å². The molecular formula is C23H21ClN4O3. The molecule has 2 N–H and O–H groups in total. The van der Waals surface area contributed by atoms with Crippen molar-refractivity contribution in [3.8, 4) is 0 Å². The third-order valence-electron chi connectivity index (χ3n) is 5.47. The quantitative estimate of drug-likeness (QED) is 0.471. The molecule has 3 heterocycles. The number of benzene rings is 2. The highest BCUT2D eigenvalue weighted by molar-refractivity contribution is 6.30. The van der Waals surface area contributed by atoms with E-state index in [9.17, 15) is 4.79 Å². The van der Waals surface area contributed by atoms with Gasteiger partial charge in [-0.05, 0) is 42.7 Å². The molecule has 158 valence electrons. The van der Waals surface area contributed by atoms with Crippen molar-refractivity contribution in [2.24, 2.45) is 0 Å². The second-order valence-corrected chi connectivity index (χ2v) is 8.03. The summed E-state index contributed by atoms with van der Waals surface area (Å²) in [5.41, 5.74) is 10.1. The summed E-state index contributed by atoms with van der Waals surface area (Å²) in [6.07, 6.45) is 1.79. The standard InChI is InChI=1S/C23H21ClN4O3/c24-15-9-7-14(8-10-15)12-28-21(25)19(23(29)31-13-16-4-3-11-30-16)20-22(28)27-18-6-2-1-5-17(18)26-20/h1-2,5-10,16H,3-4,11-13,25H2. The molecule has 0 saturated carbocycles. The fourth-order valence-corrected chi connectivity index (χ4v) is 3.99. The van der Waals surface area contributed by atoms with Gasteiger partial charge in [-0.25, -0.2) is 14.8 Å². The largest absolute Gasteiger partial charge is 0.459 e. The van der Waals surface area contributed by atoms with Crippen LogP contribution in [-0.2, 0) is 16.0 Å². The fourth-order valence-electron chi connectivity index (χ4n) is 3.87. The summed E-state index contributed by atoms with van der Waals surface area (Å²) >= 11 is 6.02. The first-order chi connectivity index (χ1) is 15.1. The topological polar surface area (TPSA) is 92.3 Å². The molecular weight excluding hydrogens is 416 g/mol. The number of hydrogen-bond donors (Lipinski definition) is 1. The minimum atomic E-state index is -0.516. The van der Waals surface area contributed by atoms with E-state index in [0.29, 0.717) is 34.9 Å². The zero-order chi connectivity index (χ0) is 21.4. The number of ether oxygens (including phenoxy) is 2. The maximum absolute atomic E-state index is 13.0. The van der Waals surface area contributed by atoms with Crippen molar-refractivity contribution in [1.29, 1.82) is 0 Å². The van der Waals surface area contributed by atoms with Gasteiger partial charge in [0.25, 0.3) is 0 Å². The van der Waals surface area contributed by atoms with Gasteiger partial charge in [0, 0.05) is 11.6 Å². The lowest BCUT2D eigenvalue weighted by Gasteiger charge is -2.10. The van der Waals surface area contributed by atoms with Gasteiger partial charge in [0.05, 0.1) is 23.7 Å². The number of nitrogens with zero attached hydrogens (tertiary/aromatic N) is 3. The van der Waals surface area contributed by atoms with Gasteiger partial charge < -0.3 is 19.8 Å². The lowest BCUT2D eigenvalue weighted by atomic mass is 10.2. The van der Waals surface area contributed by atoms with Gasteiger partial charge in [0.15, 0.2) is 5.65 Å². The maximum atomic E-state index is 13.0. The van der Waals surface area contributed by atoms with E-state index in [1.54, 1.807) is 4.57 Å². The first-order valence-electron chi connectivity index (χ1n) is 10.2. The molecule has 0 aliphatic carbocycles.